The molecule has 21 heavy (non-hydrogen) atoms. The Balaban J connectivity index is 2.03. The molecule has 1 fully saturated rings. The molecule has 3 nitrogen and oxygen atoms in total. The van der Waals surface area contributed by atoms with E-state index in [4.69, 9.17) is 12.2 Å². The van der Waals surface area contributed by atoms with Gasteiger partial charge in [0.15, 0.2) is 0 Å². The van der Waals surface area contributed by atoms with Crippen molar-refractivity contribution >= 4 is 51.2 Å². The van der Waals surface area contributed by atoms with Gasteiger partial charge in [-0.25, -0.2) is 0 Å². The molecule has 2 aromatic rings. The van der Waals surface area contributed by atoms with Crippen molar-refractivity contribution < 1.29 is 4.79 Å². The Bertz CT molecular complexity index is 777. The number of nitrogens with zero attached hydrogens (tertiary/aromatic N) is 2. The summed E-state index contributed by atoms with van der Waals surface area (Å²) < 4.78 is 0.574. The molecular formula is C16H12N2OS2. The number of aromatic nitrogens is 1. The molecule has 0 aliphatic carbocycles. The molecule has 0 radical (unpaired) electrons. The number of amides is 1. The van der Waals surface area contributed by atoms with E-state index in [9.17, 15) is 4.79 Å². The Kier molecular flexibility index (Phi) is 3.86. The second-order valence-electron chi connectivity index (χ2n) is 4.50. The van der Waals surface area contributed by atoms with Crippen LogP contribution in [0, 0.1) is 0 Å². The fraction of sp³-hybridized carbons (Fsp3) is 0.0625. The van der Waals surface area contributed by atoms with Gasteiger partial charge < -0.3 is 0 Å². The summed E-state index contributed by atoms with van der Waals surface area (Å²) in [7, 11) is 0. The Hall–Kier alpha value is -1.98. The summed E-state index contributed by atoms with van der Waals surface area (Å²) in [5, 5.41) is 1.02. The minimum Gasteiger partial charge on any atom is -0.289 e. The Morgan fingerprint density at radius 3 is 2.95 bits per heavy atom. The minimum absolute atomic E-state index is 0.0641. The molecule has 1 aliphatic heterocycles. The molecule has 2 heterocycles. The Morgan fingerprint density at radius 1 is 1.33 bits per heavy atom. The predicted molar refractivity (Wildman–Crippen MR) is 91.8 cm³/mol. The summed E-state index contributed by atoms with van der Waals surface area (Å²) in [6.07, 6.45) is 5.31. The second kappa shape index (κ2) is 5.79. The minimum atomic E-state index is -0.0641. The number of para-hydroxylation sites is 1. The molecule has 0 bridgehead atoms. The van der Waals surface area contributed by atoms with E-state index < -0.39 is 0 Å². The van der Waals surface area contributed by atoms with Crippen LogP contribution in [-0.4, -0.2) is 26.7 Å². The molecule has 3 rings (SSSR count). The third-order valence-electron chi connectivity index (χ3n) is 3.15. The number of carbonyl (C=O) groups is 1. The molecule has 1 saturated heterocycles. The fourth-order valence-electron chi connectivity index (χ4n) is 2.17. The highest BCUT2D eigenvalue weighted by Crippen LogP contribution is 2.33. The van der Waals surface area contributed by atoms with Crippen LogP contribution in [0.1, 0.15) is 5.56 Å². The molecule has 0 saturated carbocycles. The van der Waals surface area contributed by atoms with E-state index in [2.05, 4.69) is 11.6 Å². The van der Waals surface area contributed by atoms with Gasteiger partial charge >= 0.3 is 0 Å². The average Bonchev–Trinajstić information content (AvgIpc) is 2.76. The largest absolute Gasteiger partial charge is 0.289 e. The van der Waals surface area contributed by atoms with E-state index in [0.717, 1.165) is 16.5 Å². The molecule has 1 aromatic heterocycles. The van der Waals surface area contributed by atoms with Crippen LogP contribution in [0.5, 0.6) is 0 Å². The van der Waals surface area contributed by atoms with E-state index in [1.54, 1.807) is 17.2 Å². The van der Waals surface area contributed by atoms with Crippen molar-refractivity contribution in [3.8, 4) is 0 Å². The monoisotopic (exact) mass is 312 g/mol. The van der Waals surface area contributed by atoms with E-state index in [-0.39, 0.29) is 5.91 Å². The topological polar surface area (TPSA) is 33.2 Å². The number of pyridine rings is 1. The summed E-state index contributed by atoms with van der Waals surface area (Å²) in [6, 6.07) is 9.77. The van der Waals surface area contributed by atoms with Crippen molar-refractivity contribution in [1.82, 2.24) is 9.88 Å². The van der Waals surface area contributed by atoms with Crippen LogP contribution in [0.25, 0.3) is 17.0 Å². The van der Waals surface area contributed by atoms with Crippen molar-refractivity contribution in [3.05, 3.63) is 59.7 Å². The fourth-order valence-corrected chi connectivity index (χ4v) is 3.44. The van der Waals surface area contributed by atoms with Crippen LogP contribution in [0.4, 0.5) is 0 Å². The SMILES string of the molecule is C=CCN1C(=O)C(=Cc2ccnc3ccccc23)SC1=S. The van der Waals surface area contributed by atoms with Crippen LogP contribution in [0.3, 0.4) is 0 Å². The average molecular weight is 312 g/mol. The van der Waals surface area contributed by atoms with Crippen LogP contribution < -0.4 is 0 Å². The van der Waals surface area contributed by atoms with E-state index in [0.29, 0.717) is 15.8 Å². The van der Waals surface area contributed by atoms with Gasteiger partial charge in [0, 0.05) is 18.1 Å². The lowest BCUT2D eigenvalue weighted by Gasteiger charge is -2.10. The maximum absolute atomic E-state index is 12.3. The summed E-state index contributed by atoms with van der Waals surface area (Å²) in [5.74, 6) is -0.0641. The van der Waals surface area contributed by atoms with Crippen molar-refractivity contribution in [1.29, 1.82) is 0 Å². The highest BCUT2D eigenvalue weighted by atomic mass is 32.2. The molecule has 0 spiro atoms. The summed E-state index contributed by atoms with van der Waals surface area (Å²) in [4.78, 5) is 18.9. The predicted octanol–water partition coefficient (Wildman–Crippen LogP) is 3.62. The number of hydrogen-bond donors (Lipinski definition) is 0. The number of fused-ring (bicyclic) bond motifs is 1. The number of rotatable bonds is 3. The third kappa shape index (κ3) is 2.62. The van der Waals surface area contributed by atoms with Crippen LogP contribution in [-0.2, 0) is 4.79 Å². The number of carbonyl (C=O) groups excluding carboxylic acids is 1. The first kappa shape index (κ1) is 14.0. The van der Waals surface area contributed by atoms with Crippen LogP contribution in [0.15, 0.2) is 54.1 Å². The van der Waals surface area contributed by atoms with Gasteiger partial charge in [-0.3, -0.25) is 14.7 Å². The zero-order valence-corrected chi connectivity index (χ0v) is 12.8. The van der Waals surface area contributed by atoms with Gasteiger partial charge in [-0.15, -0.1) is 6.58 Å². The zero-order chi connectivity index (χ0) is 14.8. The molecule has 0 atom stereocenters. The molecular weight excluding hydrogens is 300 g/mol. The van der Waals surface area contributed by atoms with E-state index >= 15 is 0 Å². The van der Waals surface area contributed by atoms with Gasteiger partial charge in [0.25, 0.3) is 5.91 Å². The Labute approximate surface area is 132 Å². The number of hydrogen-bond acceptors (Lipinski definition) is 4. The zero-order valence-electron chi connectivity index (χ0n) is 11.2. The number of thioether (sulfide) groups is 1. The first-order valence-corrected chi connectivity index (χ1v) is 7.63. The van der Waals surface area contributed by atoms with Gasteiger partial charge in [0.2, 0.25) is 0 Å². The second-order valence-corrected chi connectivity index (χ2v) is 6.17. The summed E-state index contributed by atoms with van der Waals surface area (Å²) >= 11 is 6.57. The highest BCUT2D eigenvalue weighted by molar-refractivity contribution is 8.26. The lowest BCUT2D eigenvalue weighted by Crippen LogP contribution is -2.27. The lowest BCUT2D eigenvalue weighted by atomic mass is 10.1. The van der Waals surface area contributed by atoms with Crippen molar-refractivity contribution in [2.45, 2.75) is 0 Å². The molecule has 104 valence electrons. The standard InChI is InChI=1S/C16H12N2OS2/c1-2-9-18-15(19)14(21-16(18)20)10-11-7-8-17-13-6-4-3-5-12(11)13/h2-8,10H,1,9H2. The lowest BCUT2D eigenvalue weighted by molar-refractivity contribution is -0.121. The molecule has 0 N–H and O–H groups in total. The van der Waals surface area contributed by atoms with Crippen LogP contribution in [0.2, 0.25) is 0 Å². The van der Waals surface area contributed by atoms with Gasteiger partial charge in [-0.1, -0.05) is 48.3 Å². The summed E-state index contributed by atoms with van der Waals surface area (Å²) in [6.45, 7) is 4.10. The molecule has 1 amide bonds. The van der Waals surface area contributed by atoms with Gasteiger partial charge in [0.1, 0.15) is 4.32 Å². The maximum Gasteiger partial charge on any atom is 0.266 e. The van der Waals surface area contributed by atoms with E-state index in [1.807, 2.05) is 36.4 Å². The van der Waals surface area contributed by atoms with Crippen LogP contribution >= 0.6 is 24.0 Å². The van der Waals surface area contributed by atoms with Crippen molar-refractivity contribution in [2.75, 3.05) is 6.54 Å². The maximum atomic E-state index is 12.3. The van der Waals surface area contributed by atoms with Gasteiger partial charge in [-0.2, -0.15) is 0 Å². The number of benzene rings is 1. The normalized spacial score (nSPS) is 17.0. The van der Waals surface area contributed by atoms with E-state index in [1.165, 1.54) is 11.8 Å². The van der Waals surface area contributed by atoms with Gasteiger partial charge in [-0.05, 0) is 23.8 Å². The van der Waals surface area contributed by atoms with Gasteiger partial charge in [0.05, 0.1) is 10.4 Å². The summed E-state index contributed by atoms with van der Waals surface area (Å²) in [5.41, 5.74) is 1.88. The quantitative estimate of drug-likeness (QED) is 0.492. The first-order valence-electron chi connectivity index (χ1n) is 6.40. The molecule has 5 heteroatoms. The highest BCUT2D eigenvalue weighted by Gasteiger charge is 2.31. The smallest absolute Gasteiger partial charge is 0.266 e. The number of thiocarbonyl (C=S) groups is 1. The first-order chi connectivity index (χ1) is 10.2. The van der Waals surface area contributed by atoms with Crippen molar-refractivity contribution in [2.24, 2.45) is 0 Å². The van der Waals surface area contributed by atoms with Crippen molar-refractivity contribution in [3.63, 3.8) is 0 Å². The molecule has 0 unspecified atom stereocenters. The Morgan fingerprint density at radius 2 is 2.14 bits per heavy atom. The molecule has 1 aliphatic rings. The third-order valence-corrected chi connectivity index (χ3v) is 4.53. The molecule has 1 aromatic carbocycles.